The summed E-state index contributed by atoms with van der Waals surface area (Å²) in [5.74, 6) is 0.0642. The third-order valence-electron chi connectivity index (χ3n) is 4.93. The first kappa shape index (κ1) is 15.1. The van der Waals surface area contributed by atoms with Crippen LogP contribution in [0.1, 0.15) is 70.6 Å². The summed E-state index contributed by atoms with van der Waals surface area (Å²) < 4.78 is 0. The molecule has 2 fully saturated rings. The van der Waals surface area contributed by atoms with Crippen LogP contribution in [0.4, 0.5) is 0 Å². The molecule has 0 aromatic rings. The first-order chi connectivity index (χ1) is 9.69. The van der Waals surface area contributed by atoms with Crippen LogP contribution >= 0.6 is 0 Å². The van der Waals surface area contributed by atoms with Crippen LogP contribution in [0.2, 0.25) is 0 Å². The smallest absolute Gasteiger partial charge is 0.234 e. The van der Waals surface area contributed by atoms with Crippen molar-refractivity contribution in [1.29, 1.82) is 0 Å². The molecule has 0 spiro atoms. The second-order valence-corrected chi connectivity index (χ2v) is 6.29. The molecular formula is C15H27N3O2. The molecule has 0 aromatic carbocycles. The van der Waals surface area contributed by atoms with Gasteiger partial charge in [0.2, 0.25) is 5.91 Å². The molecule has 0 aromatic heterocycles. The number of rotatable bonds is 3. The zero-order valence-electron chi connectivity index (χ0n) is 12.2. The lowest BCUT2D eigenvalue weighted by molar-refractivity contribution is -0.129. The fourth-order valence-electron chi connectivity index (χ4n) is 3.60. The Bertz CT molecular complexity index is 354. The third-order valence-corrected chi connectivity index (χ3v) is 4.93. The molecule has 2 aliphatic carbocycles. The van der Waals surface area contributed by atoms with Crippen LogP contribution in [-0.4, -0.2) is 23.0 Å². The first-order valence-electron chi connectivity index (χ1n) is 7.98. The fraction of sp³-hybridized carbons (Fsp3) is 0.867. The number of carbonyl (C=O) groups is 1. The minimum atomic E-state index is -0.789. The largest absolute Gasteiger partial charge is 0.409 e. The molecule has 1 amide bonds. The summed E-state index contributed by atoms with van der Waals surface area (Å²) in [7, 11) is 0. The Morgan fingerprint density at radius 1 is 1.05 bits per heavy atom. The Morgan fingerprint density at radius 3 is 2.15 bits per heavy atom. The average molecular weight is 281 g/mol. The van der Waals surface area contributed by atoms with E-state index in [1.165, 1.54) is 19.3 Å². The number of nitrogens with one attached hydrogen (secondary N) is 1. The number of nitrogens with zero attached hydrogens (tertiary/aromatic N) is 1. The van der Waals surface area contributed by atoms with Crippen molar-refractivity contribution >= 4 is 11.7 Å². The number of amidine groups is 1. The number of hydrogen-bond acceptors (Lipinski definition) is 3. The molecule has 2 saturated carbocycles. The highest BCUT2D eigenvalue weighted by molar-refractivity contribution is 6.06. The van der Waals surface area contributed by atoms with E-state index in [4.69, 9.17) is 10.9 Å². The van der Waals surface area contributed by atoms with E-state index in [9.17, 15) is 4.79 Å². The molecule has 4 N–H and O–H groups in total. The van der Waals surface area contributed by atoms with Gasteiger partial charge in [0.15, 0.2) is 5.84 Å². The van der Waals surface area contributed by atoms with E-state index in [0.29, 0.717) is 12.8 Å². The summed E-state index contributed by atoms with van der Waals surface area (Å²) in [6.07, 6.45) is 11.3. The molecule has 0 bridgehead atoms. The minimum absolute atomic E-state index is 0.0263. The maximum Gasteiger partial charge on any atom is 0.234 e. The van der Waals surface area contributed by atoms with Crippen molar-refractivity contribution in [3.63, 3.8) is 0 Å². The van der Waals surface area contributed by atoms with E-state index in [0.717, 1.165) is 38.5 Å². The molecule has 114 valence electrons. The van der Waals surface area contributed by atoms with E-state index >= 15 is 0 Å². The zero-order valence-corrected chi connectivity index (χ0v) is 12.2. The molecule has 0 aliphatic heterocycles. The Labute approximate surface area is 121 Å². The topological polar surface area (TPSA) is 87.7 Å². The molecule has 0 unspecified atom stereocenters. The summed E-state index contributed by atoms with van der Waals surface area (Å²) in [5, 5.41) is 15.4. The number of amides is 1. The summed E-state index contributed by atoms with van der Waals surface area (Å²) in [5.41, 5.74) is 5.11. The second kappa shape index (κ2) is 6.95. The SMILES string of the molecule is NC(=NO)C1(C(=O)NC2CCCCC2)CCCCCC1. The molecule has 2 rings (SSSR count). The minimum Gasteiger partial charge on any atom is -0.409 e. The van der Waals surface area contributed by atoms with Gasteiger partial charge in [-0.15, -0.1) is 0 Å². The molecule has 0 atom stereocenters. The maximum atomic E-state index is 12.8. The van der Waals surface area contributed by atoms with Crippen molar-refractivity contribution in [1.82, 2.24) is 5.32 Å². The lowest BCUT2D eigenvalue weighted by atomic mass is 9.77. The highest BCUT2D eigenvalue weighted by atomic mass is 16.4. The number of hydrogen-bond donors (Lipinski definition) is 3. The van der Waals surface area contributed by atoms with E-state index < -0.39 is 5.41 Å². The lowest BCUT2D eigenvalue weighted by Crippen LogP contribution is -2.52. The first-order valence-corrected chi connectivity index (χ1v) is 7.98. The van der Waals surface area contributed by atoms with Gasteiger partial charge in [-0.25, -0.2) is 0 Å². The number of carbonyl (C=O) groups excluding carboxylic acids is 1. The molecule has 2 aliphatic rings. The van der Waals surface area contributed by atoms with Crippen molar-refractivity contribution in [2.24, 2.45) is 16.3 Å². The van der Waals surface area contributed by atoms with Gasteiger partial charge < -0.3 is 16.3 Å². The predicted octanol–water partition coefficient (Wildman–Crippen LogP) is 2.52. The van der Waals surface area contributed by atoms with Crippen molar-refractivity contribution in [2.45, 2.75) is 76.7 Å². The van der Waals surface area contributed by atoms with E-state index in [-0.39, 0.29) is 17.8 Å². The predicted molar refractivity (Wildman–Crippen MR) is 78.6 cm³/mol. The zero-order chi connectivity index (χ0) is 14.4. The van der Waals surface area contributed by atoms with Gasteiger partial charge in [0.1, 0.15) is 5.41 Å². The average Bonchev–Trinajstić information content (AvgIpc) is 2.74. The summed E-state index contributed by atoms with van der Waals surface area (Å²) in [6.45, 7) is 0. The molecule has 0 saturated heterocycles. The molecular weight excluding hydrogens is 254 g/mol. The standard InChI is InChI=1S/C15H27N3O2/c16-13(18-20)15(10-6-1-2-7-11-15)14(19)17-12-8-4-3-5-9-12/h12,20H,1-11H2,(H2,16,18)(H,17,19). The van der Waals surface area contributed by atoms with Gasteiger partial charge in [-0.3, -0.25) is 4.79 Å². The van der Waals surface area contributed by atoms with Crippen LogP contribution < -0.4 is 11.1 Å². The molecule has 0 radical (unpaired) electrons. The van der Waals surface area contributed by atoms with Gasteiger partial charge >= 0.3 is 0 Å². The van der Waals surface area contributed by atoms with Crippen molar-refractivity contribution in [2.75, 3.05) is 0 Å². The quantitative estimate of drug-likeness (QED) is 0.244. The molecule has 20 heavy (non-hydrogen) atoms. The van der Waals surface area contributed by atoms with Gasteiger partial charge in [0.05, 0.1) is 0 Å². The molecule has 0 heterocycles. The third kappa shape index (κ3) is 3.25. The van der Waals surface area contributed by atoms with Crippen LogP contribution in [0.15, 0.2) is 5.16 Å². The van der Waals surface area contributed by atoms with Crippen molar-refractivity contribution < 1.29 is 10.0 Å². The van der Waals surface area contributed by atoms with Crippen molar-refractivity contribution in [3.8, 4) is 0 Å². The van der Waals surface area contributed by atoms with Crippen LogP contribution in [0.5, 0.6) is 0 Å². The van der Waals surface area contributed by atoms with Crippen LogP contribution in [0.3, 0.4) is 0 Å². The van der Waals surface area contributed by atoms with Crippen molar-refractivity contribution in [3.05, 3.63) is 0 Å². The van der Waals surface area contributed by atoms with Gasteiger partial charge in [-0.1, -0.05) is 50.1 Å². The number of nitrogens with two attached hydrogens (primary N) is 1. The fourth-order valence-corrected chi connectivity index (χ4v) is 3.60. The summed E-state index contributed by atoms with van der Waals surface area (Å²) in [4.78, 5) is 12.8. The highest BCUT2D eigenvalue weighted by Crippen LogP contribution is 2.36. The maximum absolute atomic E-state index is 12.8. The van der Waals surface area contributed by atoms with E-state index in [2.05, 4.69) is 10.5 Å². The normalized spacial score (nSPS) is 24.9. The van der Waals surface area contributed by atoms with Crippen LogP contribution in [-0.2, 0) is 4.79 Å². The van der Waals surface area contributed by atoms with Gasteiger partial charge in [-0.05, 0) is 25.7 Å². The van der Waals surface area contributed by atoms with Crippen LogP contribution in [0, 0.1) is 5.41 Å². The van der Waals surface area contributed by atoms with Gasteiger partial charge in [0, 0.05) is 6.04 Å². The Hall–Kier alpha value is -1.26. The van der Waals surface area contributed by atoms with E-state index in [1.807, 2.05) is 0 Å². The van der Waals surface area contributed by atoms with Crippen LogP contribution in [0.25, 0.3) is 0 Å². The molecule has 5 nitrogen and oxygen atoms in total. The second-order valence-electron chi connectivity index (χ2n) is 6.29. The summed E-state index contributed by atoms with van der Waals surface area (Å²) >= 11 is 0. The van der Waals surface area contributed by atoms with Gasteiger partial charge in [-0.2, -0.15) is 0 Å². The molecule has 5 heteroatoms. The Balaban J connectivity index is 2.10. The monoisotopic (exact) mass is 281 g/mol. The van der Waals surface area contributed by atoms with Gasteiger partial charge in [0.25, 0.3) is 0 Å². The lowest BCUT2D eigenvalue weighted by Gasteiger charge is -2.33. The summed E-state index contributed by atoms with van der Waals surface area (Å²) in [6, 6.07) is 0.267. The Kier molecular flexibility index (Phi) is 5.26. The van der Waals surface area contributed by atoms with E-state index in [1.54, 1.807) is 0 Å². The Morgan fingerprint density at radius 2 is 1.60 bits per heavy atom. The number of oxime groups is 1. The highest BCUT2D eigenvalue weighted by Gasteiger charge is 2.43.